The third-order valence-corrected chi connectivity index (χ3v) is 6.16. The molecule has 1 N–H and O–H groups in total. The zero-order valence-electron chi connectivity index (χ0n) is 20.0. The normalized spacial score (nSPS) is 13.7. The van der Waals surface area contributed by atoms with E-state index in [1.54, 1.807) is 22.9 Å². The van der Waals surface area contributed by atoms with Crippen LogP contribution in [0, 0.1) is 5.82 Å². The van der Waals surface area contributed by atoms with Crippen LogP contribution in [-0.4, -0.2) is 59.0 Å². The number of pyridine rings is 1. The van der Waals surface area contributed by atoms with E-state index in [-0.39, 0.29) is 23.0 Å². The molecule has 0 saturated heterocycles. The number of rotatable bonds is 9. The van der Waals surface area contributed by atoms with E-state index >= 15 is 0 Å². The first-order valence-electron chi connectivity index (χ1n) is 11.6. The van der Waals surface area contributed by atoms with Crippen molar-refractivity contribution in [1.82, 2.24) is 24.6 Å². The number of carbonyl (C=O) groups is 1. The van der Waals surface area contributed by atoms with Gasteiger partial charge in [0, 0.05) is 69.8 Å². The summed E-state index contributed by atoms with van der Waals surface area (Å²) in [7, 11) is 2.90. The highest BCUT2D eigenvalue weighted by Gasteiger charge is 2.25. The zero-order chi connectivity index (χ0) is 24.8. The van der Waals surface area contributed by atoms with Crippen molar-refractivity contribution in [2.24, 2.45) is 0 Å². The Labute approximate surface area is 203 Å². The molecule has 0 saturated carbocycles. The van der Waals surface area contributed by atoms with E-state index in [4.69, 9.17) is 9.47 Å². The number of nitrogens with zero attached hydrogens (tertiary/aromatic N) is 4. The van der Waals surface area contributed by atoms with E-state index in [1.165, 1.54) is 26.4 Å². The maximum absolute atomic E-state index is 13.8. The van der Waals surface area contributed by atoms with Crippen molar-refractivity contribution in [1.29, 1.82) is 0 Å². The van der Waals surface area contributed by atoms with Crippen LogP contribution in [0.15, 0.2) is 47.5 Å². The van der Waals surface area contributed by atoms with Gasteiger partial charge in [-0.1, -0.05) is 6.07 Å². The largest absolute Gasteiger partial charge is 0.496 e. The van der Waals surface area contributed by atoms with E-state index in [0.717, 1.165) is 12.0 Å². The summed E-state index contributed by atoms with van der Waals surface area (Å²) in [5, 5.41) is 7.12. The second kappa shape index (κ2) is 11.2. The molecule has 9 nitrogen and oxygen atoms in total. The third-order valence-electron chi connectivity index (χ3n) is 6.16. The number of aromatic nitrogens is 3. The first-order chi connectivity index (χ1) is 17.0. The molecule has 0 bridgehead atoms. The number of carbonyl (C=O) groups excluding carboxylic acids is 1. The maximum Gasteiger partial charge on any atom is 0.256 e. The van der Waals surface area contributed by atoms with Gasteiger partial charge >= 0.3 is 0 Å². The molecular formula is C25H30FN5O4. The van der Waals surface area contributed by atoms with Gasteiger partial charge in [0.05, 0.1) is 14.2 Å². The summed E-state index contributed by atoms with van der Waals surface area (Å²) in [6, 6.07) is 8.04. The van der Waals surface area contributed by atoms with Crippen LogP contribution in [0.25, 0.3) is 0 Å². The molecule has 0 spiro atoms. The second-order valence-electron chi connectivity index (χ2n) is 8.40. The molecule has 0 fully saturated rings. The SMILES string of the molecule is COc1cc(CN2CCc3c(C(=O)NCCCn4cccn4)c(OC)cc(=O)n3CC2)ccc1F. The molecule has 3 heterocycles. The number of fused-ring (bicyclic) bond motifs is 1. The summed E-state index contributed by atoms with van der Waals surface area (Å²) < 4.78 is 27.8. The Balaban J connectivity index is 1.48. The molecular weight excluding hydrogens is 453 g/mol. The van der Waals surface area contributed by atoms with Gasteiger partial charge in [-0.05, 0) is 30.2 Å². The highest BCUT2D eigenvalue weighted by atomic mass is 19.1. The van der Waals surface area contributed by atoms with Crippen LogP contribution >= 0.6 is 0 Å². The number of ether oxygens (including phenoxy) is 2. The number of nitrogens with one attached hydrogen (secondary N) is 1. The van der Waals surface area contributed by atoms with Gasteiger partial charge < -0.3 is 19.4 Å². The van der Waals surface area contributed by atoms with Crippen LogP contribution in [-0.2, 0) is 26.1 Å². The van der Waals surface area contributed by atoms with Crippen molar-refractivity contribution >= 4 is 5.91 Å². The van der Waals surface area contributed by atoms with Gasteiger partial charge in [0.15, 0.2) is 11.6 Å². The van der Waals surface area contributed by atoms with Crippen LogP contribution in [0.1, 0.15) is 28.0 Å². The zero-order valence-corrected chi connectivity index (χ0v) is 20.0. The molecule has 2 aromatic heterocycles. The highest BCUT2D eigenvalue weighted by Crippen LogP contribution is 2.24. The number of methoxy groups -OCH3 is 2. The number of hydrogen-bond acceptors (Lipinski definition) is 6. The van der Waals surface area contributed by atoms with Crippen molar-refractivity contribution in [2.45, 2.75) is 32.5 Å². The van der Waals surface area contributed by atoms with Gasteiger partial charge in [-0.25, -0.2) is 4.39 Å². The molecule has 1 amide bonds. The van der Waals surface area contributed by atoms with Crippen LogP contribution in [0.2, 0.25) is 0 Å². The molecule has 0 aliphatic carbocycles. The lowest BCUT2D eigenvalue weighted by atomic mass is 10.1. The van der Waals surface area contributed by atoms with Gasteiger partial charge in [-0.15, -0.1) is 0 Å². The minimum absolute atomic E-state index is 0.197. The van der Waals surface area contributed by atoms with E-state index in [0.29, 0.717) is 56.9 Å². The fourth-order valence-corrected chi connectivity index (χ4v) is 4.38. The van der Waals surface area contributed by atoms with Crippen LogP contribution < -0.4 is 20.3 Å². The molecule has 1 aromatic carbocycles. The van der Waals surface area contributed by atoms with Crippen molar-refractivity contribution in [3.05, 3.63) is 75.7 Å². The second-order valence-corrected chi connectivity index (χ2v) is 8.40. The number of halogens is 1. The molecule has 0 radical (unpaired) electrons. The Bertz CT molecular complexity index is 1230. The van der Waals surface area contributed by atoms with Crippen molar-refractivity contribution in [3.63, 3.8) is 0 Å². The standard InChI is InChI=1S/C25H30FN5O4/c1-34-21-15-18(5-6-19(21)26)17-29-12-7-20-24(22(35-2)16-23(32)31(20)14-13-29)25(33)27-8-3-10-30-11-4-9-28-30/h4-6,9,11,15-16H,3,7-8,10,12-14,17H2,1-2H3,(H,27,33). The van der Waals surface area contributed by atoms with Gasteiger partial charge in [0.2, 0.25) is 0 Å². The number of aryl methyl sites for hydroxylation is 1. The minimum atomic E-state index is -0.404. The summed E-state index contributed by atoms with van der Waals surface area (Å²) in [5.41, 5.74) is 1.78. The van der Waals surface area contributed by atoms with Gasteiger partial charge in [-0.2, -0.15) is 5.10 Å². The van der Waals surface area contributed by atoms with Gasteiger partial charge in [0.25, 0.3) is 11.5 Å². The average molecular weight is 484 g/mol. The first-order valence-corrected chi connectivity index (χ1v) is 11.6. The summed E-state index contributed by atoms with van der Waals surface area (Å²) in [6.45, 7) is 3.43. The van der Waals surface area contributed by atoms with Crippen LogP contribution in [0.5, 0.6) is 11.5 Å². The number of hydrogen-bond donors (Lipinski definition) is 1. The molecule has 10 heteroatoms. The molecule has 35 heavy (non-hydrogen) atoms. The number of amides is 1. The molecule has 1 aliphatic rings. The Morgan fingerprint density at radius 3 is 2.71 bits per heavy atom. The molecule has 0 unspecified atom stereocenters. The van der Waals surface area contributed by atoms with E-state index in [2.05, 4.69) is 15.3 Å². The molecule has 0 atom stereocenters. The summed E-state index contributed by atoms with van der Waals surface area (Å²) in [5.74, 6) is -0.183. The summed E-state index contributed by atoms with van der Waals surface area (Å²) >= 11 is 0. The topological polar surface area (TPSA) is 90.6 Å². The Hall–Kier alpha value is -3.66. The first kappa shape index (κ1) is 24.5. The minimum Gasteiger partial charge on any atom is -0.496 e. The quantitative estimate of drug-likeness (QED) is 0.469. The van der Waals surface area contributed by atoms with E-state index < -0.39 is 5.82 Å². The highest BCUT2D eigenvalue weighted by molar-refractivity contribution is 5.98. The number of benzene rings is 1. The van der Waals surface area contributed by atoms with E-state index in [1.807, 2.05) is 16.9 Å². The molecule has 1 aliphatic heterocycles. The van der Waals surface area contributed by atoms with E-state index in [9.17, 15) is 14.0 Å². The predicted molar refractivity (Wildman–Crippen MR) is 128 cm³/mol. The van der Waals surface area contributed by atoms with Gasteiger partial charge in [-0.3, -0.25) is 19.2 Å². The lowest BCUT2D eigenvalue weighted by Crippen LogP contribution is -2.32. The Kier molecular flexibility index (Phi) is 7.81. The van der Waals surface area contributed by atoms with Crippen molar-refractivity contribution in [3.8, 4) is 11.5 Å². The fraction of sp³-hybridized carbons (Fsp3) is 0.400. The molecule has 3 aromatic rings. The monoisotopic (exact) mass is 483 g/mol. The summed E-state index contributed by atoms with van der Waals surface area (Å²) in [4.78, 5) is 28.2. The third kappa shape index (κ3) is 5.71. The Morgan fingerprint density at radius 1 is 1.14 bits per heavy atom. The molecule has 4 rings (SSSR count). The van der Waals surface area contributed by atoms with Crippen molar-refractivity contribution in [2.75, 3.05) is 33.9 Å². The fourth-order valence-electron chi connectivity index (χ4n) is 4.38. The lowest BCUT2D eigenvalue weighted by Gasteiger charge is -2.19. The predicted octanol–water partition coefficient (Wildman–Crippen LogP) is 2.08. The Morgan fingerprint density at radius 2 is 1.97 bits per heavy atom. The smallest absolute Gasteiger partial charge is 0.256 e. The van der Waals surface area contributed by atoms with Crippen molar-refractivity contribution < 1.29 is 18.7 Å². The summed E-state index contributed by atoms with van der Waals surface area (Å²) in [6.07, 6.45) is 4.82. The average Bonchev–Trinajstić information content (AvgIpc) is 3.29. The van der Waals surface area contributed by atoms with Crippen LogP contribution in [0.3, 0.4) is 0 Å². The van der Waals surface area contributed by atoms with Crippen LogP contribution in [0.4, 0.5) is 4.39 Å². The maximum atomic E-state index is 13.8. The van der Waals surface area contributed by atoms with Gasteiger partial charge in [0.1, 0.15) is 11.3 Å². The molecule has 186 valence electrons. The lowest BCUT2D eigenvalue weighted by molar-refractivity contribution is 0.0947.